The lowest BCUT2D eigenvalue weighted by Crippen LogP contribution is -3.10. The Morgan fingerprint density at radius 1 is 1.44 bits per heavy atom. The summed E-state index contributed by atoms with van der Waals surface area (Å²) in [6, 6.07) is 9.04. The summed E-state index contributed by atoms with van der Waals surface area (Å²) in [7, 11) is 2.18. The Bertz CT molecular complexity index is 428. The van der Waals surface area contributed by atoms with Crippen molar-refractivity contribution in [2.24, 2.45) is 0 Å². The van der Waals surface area contributed by atoms with Gasteiger partial charge in [-0.05, 0) is 19.4 Å². The molecule has 2 rings (SSSR count). The second-order valence-corrected chi connectivity index (χ2v) is 5.52. The van der Waals surface area contributed by atoms with Crippen LogP contribution in [0.1, 0.15) is 37.4 Å². The third-order valence-corrected chi connectivity index (χ3v) is 3.65. The van der Waals surface area contributed by atoms with Crippen LogP contribution in [-0.2, 0) is 11.2 Å². The van der Waals surface area contributed by atoms with Crippen LogP contribution in [0.2, 0.25) is 0 Å². The van der Waals surface area contributed by atoms with Crippen LogP contribution >= 0.6 is 0 Å². The molecule has 1 aliphatic rings. The van der Waals surface area contributed by atoms with E-state index in [0.29, 0.717) is 12.5 Å². The van der Waals surface area contributed by atoms with E-state index in [0.717, 1.165) is 13.0 Å². The topological polar surface area (TPSA) is 33.5 Å². The number of carbonyl (C=O) groups excluding carboxylic acids is 1. The Hall–Kier alpha value is -1.35. The van der Waals surface area contributed by atoms with E-state index in [9.17, 15) is 4.79 Å². The second-order valence-electron chi connectivity index (χ2n) is 5.52. The molecule has 0 aromatic heterocycles. The van der Waals surface area contributed by atoms with Gasteiger partial charge in [-0.25, -0.2) is 0 Å². The minimum absolute atomic E-state index is 0.158. The molecule has 1 aromatic carbocycles. The zero-order chi connectivity index (χ0) is 13.1. The first-order valence-corrected chi connectivity index (χ1v) is 6.77. The van der Waals surface area contributed by atoms with Crippen LogP contribution in [0.5, 0.6) is 0 Å². The van der Waals surface area contributed by atoms with Crippen molar-refractivity contribution < 1.29 is 9.69 Å². The monoisotopic (exact) mass is 247 g/mol. The molecule has 3 nitrogen and oxygen atoms in total. The maximum absolute atomic E-state index is 12.0. The van der Waals surface area contributed by atoms with Crippen LogP contribution < -0.4 is 10.2 Å². The van der Waals surface area contributed by atoms with Gasteiger partial charge in [0, 0.05) is 18.0 Å². The van der Waals surface area contributed by atoms with Crippen molar-refractivity contribution in [2.45, 2.75) is 38.8 Å². The highest BCUT2D eigenvalue weighted by atomic mass is 16.1. The molecule has 1 aromatic rings. The number of likely N-dealkylation sites (N-methyl/N-ethyl adjacent to an activating group) is 1. The minimum Gasteiger partial charge on any atom is -0.354 e. The van der Waals surface area contributed by atoms with Gasteiger partial charge in [-0.1, -0.05) is 24.3 Å². The van der Waals surface area contributed by atoms with Gasteiger partial charge >= 0.3 is 0 Å². The van der Waals surface area contributed by atoms with E-state index in [1.54, 1.807) is 0 Å². The molecule has 98 valence electrons. The number of hydrogen-bond donors (Lipinski definition) is 2. The SMILES string of the molecule is CC(C)NC(=O)C[C@H]1c2ccccc2CC[NH+]1C. The molecule has 0 spiro atoms. The summed E-state index contributed by atoms with van der Waals surface area (Å²) in [6.45, 7) is 5.11. The van der Waals surface area contributed by atoms with Crippen molar-refractivity contribution in [2.75, 3.05) is 13.6 Å². The Morgan fingerprint density at radius 3 is 2.89 bits per heavy atom. The Labute approximate surface area is 109 Å². The van der Waals surface area contributed by atoms with E-state index in [-0.39, 0.29) is 11.9 Å². The van der Waals surface area contributed by atoms with Gasteiger partial charge in [0.2, 0.25) is 5.91 Å². The Kier molecular flexibility index (Phi) is 4.02. The van der Waals surface area contributed by atoms with Gasteiger partial charge in [-0.15, -0.1) is 0 Å². The van der Waals surface area contributed by atoms with Crippen molar-refractivity contribution in [3.63, 3.8) is 0 Å². The van der Waals surface area contributed by atoms with Gasteiger partial charge in [0.1, 0.15) is 6.04 Å². The molecule has 2 N–H and O–H groups in total. The first kappa shape index (κ1) is 13.1. The fourth-order valence-corrected chi connectivity index (χ4v) is 2.72. The highest BCUT2D eigenvalue weighted by molar-refractivity contribution is 5.77. The van der Waals surface area contributed by atoms with Crippen LogP contribution in [0.15, 0.2) is 24.3 Å². The molecule has 18 heavy (non-hydrogen) atoms. The summed E-state index contributed by atoms with van der Waals surface area (Å²) in [5, 5.41) is 2.99. The molecule has 1 amide bonds. The van der Waals surface area contributed by atoms with E-state index in [2.05, 4.69) is 36.6 Å². The molecular weight excluding hydrogens is 224 g/mol. The molecule has 1 aliphatic heterocycles. The number of carbonyl (C=O) groups is 1. The molecule has 0 fully saturated rings. The molecular formula is C15H23N2O+. The van der Waals surface area contributed by atoms with Crippen molar-refractivity contribution in [3.8, 4) is 0 Å². The molecule has 0 radical (unpaired) electrons. The fourth-order valence-electron chi connectivity index (χ4n) is 2.72. The standard InChI is InChI=1S/C15H22N2O/c1-11(2)16-15(18)10-14-13-7-5-4-6-12(13)8-9-17(14)3/h4-7,11,14H,8-10H2,1-3H3,(H,16,18)/p+1/t14-/m0/s1. The van der Waals surface area contributed by atoms with Gasteiger partial charge in [-0.3, -0.25) is 4.79 Å². The molecule has 1 unspecified atom stereocenters. The van der Waals surface area contributed by atoms with Gasteiger partial charge in [-0.2, -0.15) is 0 Å². The largest absolute Gasteiger partial charge is 0.354 e. The maximum Gasteiger partial charge on any atom is 0.226 e. The zero-order valence-corrected chi connectivity index (χ0v) is 11.5. The summed E-state index contributed by atoms with van der Waals surface area (Å²) in [5.74, 6) is 0.158. The lowest BCUT2D eigenvalue weighted by Gasteiger charge is -2.31. The lowest BCUT2D eigenvalue weighted by molar-refractivity contribution is -0.914. The van der Waals surface area contributed by atoms with Crippen molar-refractivity contribution >= 4 is 5.91 Å². The van der Waals surface area contributed by atoms with Gasteiger partial charge in [0.15, 0.2) is 0 Å². The number of hydrogen-bond acceptors (Lipinski definition) is 1. The van der Waals surface area contributed by atoms with E-state index >= 15 is 0 Å². The average molecular weight is 247 g/mol. The van der Waals surface area contributed by atoms with E-state index in [4.69, 9.17) is 0 Å². The summed E-state index contributed by atoms with van der Waals surface area (Å²) in [5.41, 5.74) is 2.76. The second kappa shape index (κ2) is 5.53. The van der Waals surface area contributed by atoms with Crippen LogP contribution in [0.25, 0.3) is 0 Å². The van der Waals surface area contributed by atoms with Crippen molar-refractivity contribution in [1.82, 2.24) is 5.32 Å². The summed E-state index contributed by atoms with van der Waals surface area (Å²) in [4.78, 5) is 13.4. The Balaban J connectivity index is 2.14. The normalized spacial score (nSPS) is 22.7. The highest BCUT2D eigenvalue weighted by Crippen LogP contribution is 2.21. The van der Waals surface area contributed by atoms with E-state index in [1.165, 1.54) is 16.0 Å². The predicted molar refractivity (Wildman–Crippen MR) is 72.5 cm³/mol. The van der Waals surface area contributed by atoms with Crippen LogP contribution in [0, 0.1) is 0 Å². The maximum atomic E-state index is 12.0. The molecule has 2 atom stereocenters. The smallest absolute Gasteiger partial charge is 0.226 e. The van der Waals surface area contributed by atoms with Crippen LogP contribution in [0.3, 0.4) is 0 Å². The number of rotatable bonds is 3. The number of quaternary nitrogens is 1. The zero-order valence-electron chi connectivity index (χ0n) is 11.5. The Morgan fingerprint density at radius 2 is 2.17 bits per heavy atom. The molecule has 0 saturated heterocycles. The number of amides is 1. The fraction of sp³-hybridized carbons (Fsp3) is 0.533. The highest BCUT2D eigenvalue weighted by Gasteiger charge is 2.29. The van der Waals surface area contributed by atoms with Gasteiger partial charge in [0.25, 0.3) is 0 Å². The first-order valence-electron chi connectivity index (χ1n) is 6.77. The van der Waals surface area contributed by atoms with Crippen LogP contribution in [-0.4, -0.2) is 25.5 Å². The van der Waals surface area contributed by atoms with Gasteiger partial charge < -0.3 is 10.2 Å². The number of fused-ring (bicyclic) bond motifs is 1. The van der Waals surface area contributed by atoms with E-state index in [1.807, 2.05) is 13.8 Å². The summed E-state index contributed by atoms with van der Waals surface area (Å²) < 4.78 is 0. The summed E-state index contributed by atoms with van der Waals surface area (Å²) >= 11 is 0. The predicted octanol–water partition coefficient (Wildman–Crippen LogP) is 0.713. The molecule has 3 heteroatoms. The molecule has 0 bridgehead atoms. The third kappa shape index (κ3) is 2.91. The van der Waals surface area contributed by atoms with Crippen molar-refractivity contribution in [1.29, 1.82) is 0 Å². The number of nitrogens with one attached hydrogen (secondary N) is 2. The quantitative estimate of drug-likeness (QED) is 0.810. The minimum atomic E-state index is 0.158. The molecule has 0 saturated carbocycles. The third-order valence-electron chi connectivity index (χ3n) is 3.65. The van der Waals surface area contributed by atoms with Gasteiger partial charge in [0.05, 0.1) is 20.0 Å². The summed E-state index contributed by atoms with van der Waals surface area (Å²) in [6.07, 6.45) is 1.70. The first-order chi connectivity index (χ1) is 8.58. The number of benzene rings is 1. The molecule has 1 heterocycles. The average Bonchev–Trinajstić information content (AvgIpc) is 2.32. The van der Waals surface area contributed by atoms with Crippen molar-refractivity contribution in [3.05, 3.63) is 35.4 Å². The lowest BCUT2D eigenvalue weighted by atomic mass is 9.91. The van der Waals surface area contributed by atoms with Crippen LogP contribution in [0.4, 0.5) is 0 Å². The molecule has 0 aliphatic carbocycles. The van der Waals surface area contributed by atoms with E-state index < -0.39 is 0 Å².